The molecular weight excluding hydrogens is 367 g/mol. The summed E-state index contributed by atoms with van der Waals surface area (Å²) in [5.74, 6) is -0.944. The lowest BCUT2D eigenvalue weighted by atomic mass is 10.0. The standard InChI is InChI=1S/C18H16F3NO5/c1-26-17(23)15(22(24)25)11-16(12-5-3-2-4-6-12)27-14-9-7-13(8-10-14)18(19,20)21/h2-10,15-16H,11H2,1H3. The molecule has 0 aliphatic carbocycles. The number of esters is 1. The van der Waals surface area contributed by atoms with Crippen LogP contribution in [-0.2, 0) is 15.7 Å². The number of ether oxygens (including phenoxy) is 2. The summed E-state index contributed by atoms with van der Waals surface area (Å²) in [6.45, 7) is 0. The van der Waals surface area contributed by atoms with Gasteiger partial charge in [0.25, 0.3) is 0 Å². The second-order valence-electron chi connectivity index (χ2n) is 5.60. The molecule has 0 radical (unpaired) electrons. The maximum absolute atomic E-state index is 12.7. The summed E-state index contributed by atoms with van der Waals surface area (Å²) in [6.07, 6.45) is -5.76. The van der Waals surface area contributed by atoms with E-state index in [0.717, 1.165) is 31.4 Å². The fraction of sp³-hybridized carbons (Fsp3) is 0.278. The number of rotatable bonds is 7. The topological polar surface area (TPSA) is 78.7 Å². The number of alkyl halides is 3. The van der Waals surface area contributed by atoms with Crippen LogP contribution in [0.1, 0.15) is 23.7 Å². The van der Waals surface area contributed by atoms with Crippen molar-refractivity contribution in [3.8, 4) is 5.75 Å². The third kappa shape index (κ3) is 5.44. The number of carbonyl (C=O) groups is 1. The molecule has 0 bridgehead atoms. The number of hydrogen-bond acceptors (Lipinski definition) is 5. The van der Waals surface area contributed by atoms with Crippen molar-refractivity contribution in [1.82, 2.24) is 0 Å². The van der Waals surface area contributed by atoms with Crippen LogP contribution in [0.3, 0.4) is 0 Å². The van der Waals surface area contributed by atoms with Gasteiger partial charge in [0.1, 0.15) is 11.9 Å². The fourth-order valence-electron chi connectivity index (χ4n) is 2.41. The number of halogens is 3. The maximum atomic E-state index is 12.7. The highest BCUT2D eigenvalue weighted by Gasteiger charge is 2.35. The Morgan fingerprint density at radius 1 is 1.11 bits per heavy atom. The lowest BCUT2D eigenvalue weighted by molar-refractivity contribution is -0.512. The van der Waals surface area contributed by atoms with Crippen molar-refractivity contribution in [2.75, 3.05) is 7.11 Å². The molecule has 0 N–H and O–H groups in total. The second-order valence-corrected chi connectivity index (χ2v) is 5.60. The minimum absolute atomic E-state index is 0.0869. The van der Waals surface area contributed by atoms with E-state index in [1.54, 1.807) is 30.3 Å². The Bertz CT molecular complexity index is 778. The van der Waals surface area contributed by atoms with Crippen LogP contribution in [0.5, 0.6) is 5.75 Å². The Hall–Kier alpha value is -3.10. The number of nitro groups is 1. The van der Waals surface area contributed by atoms with E-state index in [-0.39, 0.29) is 12.2 Å². The molecule has 0 saturated heterocycles. The van der Waals surface area contributed by atoms with E-state index in [1.165, 1.54) is 0 Å². The van der Waals surface area contributed by atoms with E-state index >= 15 is 0 Å². The molecule has 144 valence electrons. The number of benzene rings is 2. The molecule has 0 heterocycles. The lowest BCUT2D eigenvalue weighted by Gasteiger charge is -2.21. The van der Waals surface area contributed by atoms with E-state index in [0.29, 0.717) is 5.56 Å². The second kappa shape index (κ2) is 8.52. The van der Waals surface area contributed by atoms with Crippen LogP contribution in [0.25, 0.3) is 0 Å². The Labute approximate surface area is 152 Å². The molecule has 27 heavy (non-hydrogen) atoms. The van der Waals surface area contributed by atoms with Crippen LogP contribution in [-0.4, -0.2) is 24.0 Å². The molecule has 2 unspecified atom stereocenters. The predicted octanol–water partition coefficient (Wildman–Crippen LogP) is 4.03. The van der Waals surface area contributed by atoms with Crippen molar-refractivity contribution in [2.45, 2.75) is 24.7 Å². The van der Waals surface area contributed by atoms with Gasteiger partial charge in [-0.1, -0.05) is 30.3 Å². The van der Waals surface area contributed by atoms with E-state index in [2.05, 4.69) is 4.74 Å². The molecule has 0 fully saturated rings. The minimum atomic E-state index is -4.49. The third-order valence-corrected chi connectivity index (χ3v) is 3.80. The number of hydrogen-bond donors (Lipinski definition) is 0. The van der Waals surface area contributed by atoms with Crippen LogP contribution in [0.4, 0.5) is 13.2 Å². The van der Waals surface area contributed by atoms with Gasteiger partial charge in [-0.3, -0.25) is 10.1 Å². The number of methoxy groups -OCH3 is 1. The van der Waals surface area contributed by atoms with Crippen LogP contribution in [0, 0.1) is 10.1 Å². The molecule has 0 aliphatic rings. The SMILES string of the molecule is COC(=O)C(CC(Oc1ccc(C(F)(F)F)cc1)c1ccccc1)[N+](=O)[O-]. The highest BCUT2D eigenvalue weighted by atomic mass is 19.4. The van der Waals surface area contributed by atoms with Crippen molar-refractivity contribution in [1.29, 1.82) is 0 Å². The van der Waals surface area contributed by atoms with Gasteiger partial charge >= 0.3 is 18.2 Å². The van der Waals surface area contributed by atoms with Gasteiger partial charge in [0.15, 0.2) is 0 Å². The first-order valence-corrected chi connectivity index (χ1v) is 7.82. The molecule has 2 atom stereocenters. The van der Waals surface area contributed by atoms with Gasteiger partial charge in [0.2, 0.25) is 0 Å². The predicted molar refractivity (Wildman–Crippen MR) is 88.7 cm³/mol. The van der Waals surface area contributed by atoms with Crippen molar-refractivity contribution in [2.24, 2.45) is 0 Å². The first kappa shape index (κ1) is 20.2. The van der Waals surface area contributed by atoms with E-state index in [4.69, 9.17) is 4.74 Å². The zero-order valence-electron chi connectivity index (χ0n) is 14.2. The monoisotopic (exact) mass is 383 g/mol. The smallest absolute Gasteiger partial charge is 0.416 e. The molecule has 2 rings (SSSR count). The summed E-state index contributed by atoms with van der Waals surface area (Å²) in [5, 5.41) is 11.2. The third-order valence-electron chi connectivity index (χ3n) is 3.80. The first-order chi connectivity index (χ1) is 12.7. The van der Waals surface area contributed by atoms with Crippen LogP contribution < -0.4 is 4.74 Å². The summed E-state index contributed by atoms with van der Waals surface area (Å²) < 4.78 is 48.1. The fourth-order valence-corrected chi connectivity index (χ4v) is 2.41. The number of carbonyl (C=O) groups excluding carboxylic acids is 1. The Morgan fingerprint density at radius 2 is 1.70 bits per heavy atom. The molecule has 0 aliphatic heterocycles. The van der Waals surface area contributed by atoms with Crippen LogP contribution in [0.2, 0.25) is 0 Å². The highest BCUT2D eigenvalue weighted by Crippen LogP contribution is 2.32. The van der Waals surface area contributed by atoms with Gasteiger partial charge in [0.05, 0.1) is 19.1 Å². The first-order valence-electron chi connectivity index (χ1n) is 7.82. The van der Waals surface area contributed by atoms with Crippen molar-refractivity contribution in [3.63, 3.8) is 0 Å². The van der Waals surface area contributed by atoms with Gasteiger partial charge in [-0.2, -0.15) is 13.2 Å². The van der Waals surface area contributed by atoms with Gasteiger partial charge in [-0.25, -0.2) is 4.79 Å². The summed E-state index contributed by atoms with van der Waals surface area (Å²) in [7, 11) is 1.03. The molecule has 0 aromatic heterocycles. The molecule has 6 nitrogen and oxygen atoms in total. The Balaban J connectivity index is 2.28. The zero-order valence-corrected chi connectivity index (χ0v) is 14.2. The highest BCUT2D eigenvalue weighted by molar-refractivity contribution is 5.74. The van der Waals surface area contributed by atoms with Gasteiger partial charge in [0, 0.05) is 4.92 Å². The molecule has 2 aromatic carbocycles. The largest absolute Gasteiger partial charge is 0.485 e. The minimum Gasteiger partial charge on any atom is -0.485 e. The molecule has 9 heteroatoms. The van der Waals surface area contributed by atoms with Gasteiger partial charge < -0.3 is 9.47 Å². The van der Waals surface area contributed by atoms with Gasteiger partial charge in [-0.05, 0) is 29.8 Å². The van der Waals surface area contributed by atoms with E-state index in [1.807, 2.05) is 0 Å². The van der Waals surface area contributed by atoms with E-state index < -0.39 is 34.8 Å². The maximum Gasteiger partial charge on any atom is 0.416 e. The summed E-state index contributed by atoms with van der Waals surface area (Å²) in [6, 6.07) is 10.6. The average Bonchev–Trinajstić information content (AvgIpc) is 2.64. The molecular formula is C18H16F3NO5. The van der Waals surface area contributed by atoms with E-state index in [9.17, 15) is 28.1 Å². The van der Waals surface area contributed by atoms with Crippen molar-refractivity contribution >= 4 is 5.97 Å². The molecule has 0 amide bonds. The van der Waals surface area contributed by atoms with Crippen molar-refractivity contribution in [3.05, 3.63) is 75.8 Å². The Morgan fingerprint density at radius 3 is 2.19 bits per heavy atom. The molecule has 0 spiro atoms. The van der Waals surface area contributed by atoms with Crippen LogP contribution >= 0.6 is 0 Å². The van der Waals surface area contributed by atoms with Gasteiger partial charge in [-0.15, -0.1) is 0 Å². The average molecular weight is 383 g/mol. The summed E-state index contributed by atoms with van der Waals surface area (Å²) in [4.78, 5) is 22.1. The Kier molecular flexibility index (Phi) is 6.38. The summed E-state index contributed by atoms with van der Waals surface area (Å²) in [5.41, 5.74) is -0.308. The number of nitrogens with zero attached hydrogens (tertiary/aromatic N) is 1. The van der Waals surface area contributed by atoms with Crippen molar-refractivity contribution < 1.29 is 32.4 Å². The molecule has 0 saturated carbocycles. The van der Waals surface area contributed by atoms with Crippen LogP contribution in [0.15, 0.2) is 54.6 Å². The quantitative estimate of drug-likeness (QED) is 0.410. The zero-order chi connectivity index (χ0) is 20.0. The normalized spacial score (nSPS) is 13.5. The summed E-state index contributed by atoms with van der Waals surface area (Å²) >= 11 is 0. The lowest BCUT2D eigenvalue weighted by Crippen LogP contribution is -2.33. The molecule has 2 aromatic rings.